The van der Waals surface area contributed by atoms with Gasteiger partial charge in [0.25, 0.3) is 0 Å². The Morgan fingerprint density at radius 2 is 2.11 bits per heavy atom. The minimum absolute atomic E-state index is 0. The Hall–Kier alpha value is -0.160. The predicted molar refractivity (Wildman–Crippen MR) is 41.0 cm³/mol. The normalized spacial score (nSPS) is 15.8. The highest BCUT2D eigenvalue weighted by Crippen LogP contribution is 1.74. The highest BCUT2D eigenvalue weighted by Gasteiger charge is 1.90. The van der Waals surface area contributed by atoms with E-state index in [9.17, 15) is 0 Å². The molecule has 56 valence electrons. The van der Waals surface area contributed by atoms with Gasteiger partial charge in [-0.25, -0.2) is 5.43 Å². The van der Waals surface area contributed by atoms with Crippen LogP contribution in [0, 0.1) is 0 Å². The lowest BCUT2D eigenvalue weighted by Crippen LogP contribution is -2.48. The van der Waals surface area contributed by atoms with Crippen LogP contribution in [0.3, 0.4) is 0 Å². The molecule has 0 aliphatic carbocycles. The van der Waals surface area contributed by atoms with E-state index in [1.54, 1.807) is 0 Å². The summed E-state index contributed by atoms with van der Waals surface area (Å²) in [6.45, 7) is 0.777. The molecule has 0 unspecified atom stereocenters. The van der Waals surface area contributed by atoms with Crippen LogP contribution in [0.25, 0.3) is 0 Å². The molecule has 1 aliphatic heterocycles. The number of rotatable bonds is 0. The molecular weight excluding hydrogens is 163 g/mol. The molecule has 0 aromatic carbocycles. The molecule has 0 saturated heterocycles. The summed E-state index contributed by atoms with van der Waals surface area (Å²) in [7, 11) is 0. The summed E-state index contributed by atoms with van der Waals surface area (Å²) in [5.41, 5.74) is 13.4. The predicted octanol–water partition coefficient (Wildman–Crippen LogP) is -0.758. The Morgan fingerprint density at radius 1 is 1.44 bits per heavy atom. The van der Waals surface area contributed by atoms with Crippen molar-refractivity contribution in [2.24, 2.45) is 5.73 Å². The van der Waals surface area contributed by atoms with Crippen molar-refractivity contribution in [2.45, 2.75) is 0 Å². The Morgan fingerprint density at radius 3 is 2.33 bits per heavy atom. The van der Waals surface area contributed by atoms with Crippen LogP contribution in [0.15, 0.2) is 11.9 Å². The fraction of sp³-hybridized carbons (Fsp3) is 0.333. The molecule has 0 atom stereocenters. The van der Waals surface area contributed by atoms with Crippen LogP contribution < -0.4 is 22.1 Å². The quantitative estimate of drug-likeness (QED) is 0.389. The molecule has 0 saturated carbocycles. The van der Waals surface area contributed by atoms with Crippen molar-refractivity contribution in [1.82, 2.24) is 16.4 Å². The molecule has 5 N–H and O–H groups in total. The van der Waals surface area contributed by atoms with Gasteiger partial charge in [0.15, 0.2) is 0 Å². The smallest absolute Gasteiger partial charge is 0.109 e. The van der Waals surface area contributed by atoms with Gasteiger partial charge >= 0.3 is 0 Å². The zero-order valence-electron chi connectivity index (χ0n) is 4.68. The molecule has 1 aliphatic rings. The third kappa shape index (κ3) is 4.35. The molecule has 0 fully saturated rings. The summed E-state index contributed by atoms with van der Waals surface area (Å²) < 4.78 is 0. The van der Waals surface area contributed by atoms with Crippen LogP contribution in [-0.2, 0) is 0 Å². The van der Waals surface area contributed by atoms with Crippen molar-refractivity contribution in [3.63, 3.8) is 0 Å². The first-order valence-electron chi connectivity index (χ1n) is 2.09. The standard InChI is InChI=1S/C3H8N4.2ClH/c4-3-1-2-5-7-6-3;;/h1,5-7H,2,4H2;2*1H. The van der Waals surface area contributed by atoms with Crippen molar-refractivity contribution in [1.29, 1.82) is 0 Å². The molecule has 0 aromatic rings. The summed E-state index contributed by atoms with van der Waals surface area (Å²) >= 11 is 0. The lowest BCUT2D eigenvalue weighted by molar-refractivity contribution is 0.470. The fourth-order valence-electron chi connectivity index (χ4n) is 0.379. The Bertz CT molecular complexity index is 93.8. The van der Waals surface area contributed by atoms with Gasteiger partial charge in [-0.05, 0) is 6.08 Å². The van der Waals surface area contributed by atoms with E-state index in [2.05, 4.69) is 16.4 Å². The van der Waals surface area contributed by atoms with E-state index in [0.717, 1.165) is 6.54 Å². The zero-order valence-corrected chi connectivity index (χ0v) is 6.31. The Labute approximate surface area is 66.0 Å². The third-order valence-electron chi connectivity index (χ3n) is 0.719. The van der Waals surface area contributed by atoms with E-state index in [0.29, 0.717) is 5.82 Å². The maximum absolute atomic E-state index is 5.28. The van der Waals surface area contributed by atoms with Gasteiger partial charge in [-0.15, -0.1) is 24.8 Å². The van der Waals surface area contributed by atoms with Gasteiger partial charge in [-0.1, -0.05) is 0 Å². The first-order chi connectivity index (χ1) is 3.39. The van der Waals surface area contributed by atoms with E-state index >= 15 is 0 Å². The summed E-state index contributed by atoms with van der Waals surface area (Å²) in [6, 6.07) is 0. The van der Waals surface area contributed by atoms with E-state index in [-0.39, 0.29) is 24.8 Å². The van der Waals surface area contributed by atoms with Gasteiger partial charge < -0.3 is 5.73 Å². The molecular formula is C3H10Cl2N4. The largest absolute Gasteiger partial charge is 0.385 e. The average Bonchev–Trinajstić information content (AvgIpc) is 1.69. The second-order valence-electron chi connectivity index (χ2n) is 1.29. The minimum Gasteiger partial charge on any atom is -0.385 e. The molecule has 0 aromatic heterocycles. The van der Waals surface area contributed by atoms with Crippen LogP contribution in [0.2, 0.25) is 0 Å². The molecule has 0 radical (unpaired) electrons. The molecule has 0 amide bonds. The van der Waals surface area contributed by atoms with Gasteiger partial charge in [0.05, 0.1) is 0 Å². The van der Waals surface area contributed by atoms with Gasteiger partial charge in [0.1, 0.15) is 5.82 Å². The number of hydrazine groups is 2. The lowest BCUT2D eigenvalue weighted by atomic mass is 10.5. The van der Waals surface area contributed by atoms with Gasteiger partial charge in [0, 0.05) is 6.54 Å². The number of halogens is 2. The number of hydrogen-bond acceptors (Lipinski definition) is 4. The highest BCUT2D eigenvalue weighted by atomic mass is 35.5. The van der Waals surface area contributed by atoms with Crippen LogP contribution in [0.5, 0.6) is 0 Å². The molecule has 4 nitrogen and oxygen atoms in total. The topological polar surface area (TPSA) is 62.1 Å². The molecule has 1 rings (SSSR count). The summed E-state index contributed by atoms with van der Waals surface area (Å²) in [6.07, 6.45) is 1.84. The molecule has 0 bridgehead atoms. The second kappa shape index (κ2) is 5.97. The first-order valence-corrected chi connectivity index (χ1v) is 2.09. The SMILES string of the molecule is Cl.Cl.NC1=CCNNN1. The molecule has 9 heavy (non-hydrogen) atoms. The Kier molecular flexibility index (Phi) is 7.70. The second-order valence-corrected chi connectivity index (χ2v) is 1.29. The zero-order chi connectivity index (χ0) is 5.11. The molecule has 0 spiro atoms. The lowest BCUT2D eigenvalue weighted by Gasteiger charge is -2.12. The van der Waals surface area contributed by atoms with E-state index in [1.807, 2.05) is 6.08 Å². The average molecular weight is 173 g/mol. The van der Waals surface area contributed by atoms with Crippen molar-refractivity contribution in [3.05, 3.63) is 11.9 Å². The van der Waals surface area contributed by atoms with Crippen LogP contribution >= 0.6 is 24.8 Å². The van der Waals surface area contributed by atoms with Gasteiger partial charge in [-0.3, -0.25) is 5.43 Å². The van der Waals surface area contributed by atoms with Gasteiger partial charge in [-0.2, -0.15) is 5.53 Å². The maximum Gasteiger partial charge on any atom is 0.109 e. The highest BCUT2D eigenvalue weighted by molar-refractivity contribution is 5.85. The van der Waals surface area contributed by atoms with Crippen LogP contribution in [-0.4, -0.2) is 6.54 Å². The fourth-order valence-corrected chi connectivity index (χ4v) is 0.379. The van der Waals surface area contributed by atoms with Crippen LogP contribution in [0.4, 0.5) is 0 Å². The van der Waals surface area contributed by atoms with Gasteiger partial charge in [0.2, 0.25) is 0 Å². The van der Waals surface area contributed by atoms with Crippen LogP contribution in [0.1, 0.15) is 0 Å². The third-order valence-corrected chi connectivity index (χ3v) is 0.719. The van der Waals surface area contributed by atoms with Crippen molar-refractivity contribution in [2.75, 3.05) is 6.54 Å². The van der Waals surface area contributed by atoms with E-state index in [1.165, 1.54) is 0 Å². The summed E-state index contributed by atoms with van der Waals surface area (Å²) in [5, 5.41) is 0. The van der Waals surface area contributed by atoms with Crippen molar-refractivity contribution < 1.29 is 0 Å². The van der Waals surface area contributed by atoms with Crippen molar-refractivity contribution >= 4 is 24.8 Å². The minimum atomic E-state index is 0. The maximum atomic E-state index is 5.28. The first kappa shape index (κ1) is 11.6. The van der Waals surface area contributed by atoms with Crippen molar-refractivity contribution in [3.8, 4) is 0 Å². The summed E-state index contributed by atoms with van der Waals surface area (Å²) in [5.74, 6) is 0.666. The number of nitrogens with two attached hydrogens (primary N) is 1. The Balaban J connectivity index is 0. The summed E-state index contributed by atoms with van der Waals surface area (Å²) in [4.78, 5) is 0. The number of hydrogen-bond donors (Lipinski definition) is 4. The molecule has 6 heteroatoms. The monoisotopic (exact) mass is 172 g/mol. The van der Waals surface area contributed by atoms with E-state index in [4.69, 9.17) is 5.73 Å². The molecule has 1 heterocycles. The van der Waals surface area contributed by atoms with E-state index < -0.39 is 0 Å². The number of nitrogens with one attached hydrogen (secondary N) is 3.